The Kier molecular flexibility index (Phi) is 4.17. The van der Waals surface area contributed by atoms with E-state index < -0.39 is 0 Å². The van der Waals surface area contributed by atoms with Gasteiger partial charge in [0.25, 0.3) is 0 Å². The Labute approximate surface area is 167 Å². The summed E-state index contributed by atoms with van der Waals surface area (Å²) in [6.07, 6.45) is 7.98. The van der Waals surface area contributed by atoms with Gasteiger partial charge in [0.2, 0.25) is 0 Å². The molecule has 1 unspecified atom stereocenters. The first kappa shape index (κ1) is 17.3. The van der Waals surface area contributed by atoms with Crippen LogP contribution in [0.15, 0.2) is 95.4 Å². The number of hydrazone groups is 2. The molecule has 29 heavy (non-hydrogen) atoms. The highest BCUT2D eigenvalue weighted by Gasteiger charge is 2.31. The predicted octanol–water partition coefficient (Wildman–Crippen LogP) is 4.88. The molecule has 0 fully saturated rings. The van der Waals surface area contributed by atoms with Gasteiger partial charge >= 0.3 is 0 Å². The molecule has 2 aliphatic rings. The number of allylic oxidation sites excluding steroid dienone is 1. The Morgan fingerprint density at radius 2 is 1.90 bits per heavy atom. The van der Waals surface area contributed by atoms with Gasteiger partial charge in [0.1, 0.15) is 11.9 Å². The molecule has 1 atom stereocenters. The number of fused-ring (bicyclic) bond motifs is 1. The van der Waals surface area contributed by atoms with Crippen molar-refractivity contribution in [3.63, 3.8) is 0 Å². The minimum Gasteiger partial charge on any atom is -0.254 e. The van der Waals surface area contributed by atoms with Gasteiger partial charge in [0.15, 0.2) is 0 Å². The lowest BCUT2D eigenvalue weighted by Gasteiger charge is -2.29. The molecule has 0 aliphatic carbocycles. The van der Waals surface area contributed by atoms with Crippen LogP contribution < -0.4 is 10.0 Å². The molecule has 3 aromatic rings. The number of para-hydroxylation sites is 2. The zero-order valence-electron chi connectivity index (χ0n) is 15.6. The van der Waals surface area contributed by atoms with Crippen molar-refractivity contribution in [1.29, 1.82) is 0 Å². The van der Waals surface area contributed by atoms with E-state index in [-0.39, 0.29) is 11.9 Å². The van der Waals surface area contributed by atoms with E-state index in [1.54, 1.807) is 40.6 Å². The van der Waals surface area contributed by atoms with E-state index in [1.807, 2.05) is 42.6 Å². The van der Waals surface area contributed by atoms with Crippen molar-refractivity contribution in [1.82, 2.24) is 4.98 Å². The smallest absolute Gasteiger partial charge is 0.148 e. The first-order valence-corrected chi connectivity index (χ1v) is 9.37. The van der Waals surface area contributed by atoms with Crippen LogP contribution in [-0.2, 0) is 0 Å². The fraction of sp³-hybridized carbons (Fsp3) is 0.0870. The van der Waals surface area contributed by atoms with E-state index in [0.717, 1.165) is 27.9 Å². The summed E-state index contributed by atoms with van der Waals surface area (Å²) >= 11 is 0. The number of aromatic nitrogens is 1. The molecular weight excluding hydrogens is 365 g/mol. The van der Waals surface area contributed by atoms with E-state index in [1.165, 1.54) is 6.07 Å². The standard InChI is InChI=1S/C23H18FN5/c1-16-11-13-28(18-14-17-6-2-4-8-20(17)25-15-18)27-23(16)22-10-12-26-29(22)21-9-5-3-7-19(21)24/h2-9,11-15,22H,1,10H2. The number of hydrogen-bond donors (Lipinski definition) is 0. The third-order valence-electron chi connectivity index (χ3n) is 5.05. The third kappa shape index (κ3) is 3.08. The van der Waals surface area contributed by atoms with Gasteiger partial charge < -0.3 is 0 Å². The highest BCUT2D eigenvalue weighted by Crippen LogP contribution is 2.30. The maximum Gasteiger partial charge on any atom is 0.148 e. The van der Waals surface area contributed by atoms with E-state index in [2.05, 4.69) is 16.7 Å². The van der Waals surface area contributed by atoms with E-state index >= 15 is 0 Å². The molecular formula is C23H18FN5. The molecule has 0 spiro atoms. The van der Waals surface area contributed by atoms with Crippen LogP contribution in [0.25, 0.3) is 10.9 Å². The average Bonchev–Trinajstić information content (AvgIpc) is 3.23. The summed E-state index contributed by atoms with van der Waals surface area (Å²) in [5.41, 5.74) is 3.74. The number of nitrogens with zero attached hydrogens (tertiary/aromatic N) is 5. The molecule has 0 radical (unpaired) electrons. The lowest BCUT2D eigenvalue weighted by Crippen LogP contribution is -2.38. The van der Waals surface area contributed by atoms with Crippen molar-refractivity contribution in [3.05, 3.63) is 91.0 Å². The Bertz CT molecular complexity index is 1200. The minimum atomic E-state index is -0.315. The first-order chi connectivity index (χ1) is 14.2. The molecule has 142 valence electrons. The third-order valence-corrected chi connectivity index (χ3v) is 5.05. The Hall–Kier alpha value is -3.80. The molecule has 6 heteroatoms. The topological polar surface area (TPSA) is 44.1 Å². The fourth-order valence-electron chi connectivity index (χ4n) is 3.58. The zero-order valence-corrected chi connectivity index (χ0v) is 15.6. The molecule has 0 N–H and O–H groups in total. The molecule has 1 aromatic heterocycles. The lowest BCUT2D eigenvalue weighted by atomic mass is 10.0. The molecule has 2 aromatic carbocycles. The van der Waals surface area contributed by atoms with E-state index in [9.17, 15) is 4.39 Å². The summed E-state index contributed by atoms with van der Waals surface area (Å²) in [5.74, 6) is -0.315. The number of rotatable bonds is 3. The maximum absolute atomic E-state index is 14.4. The number of benzene rings is 2. The van der Waals surface area contributed by atoms with Crippen LogP contribution in [0, 0.1) is 5.82 Å². The molecule has 0 amide bonds. The molecule has 0 saturated carbocycles. The predicted molar refractivity (Wildman–Crippen MR) is 116 cm³/mol. The summed E-state index contributed by atoms with van der Waals surface area (Å²) in [6.45, 7) is 4.13. The fourth-order valence-corrected chi connectivity index (χ4v) is 3.58. The summed E-state index contributed by atoms with van der Waals surface area (Å²) in [6, 6.07) is 16.4. The van der Waals surface area contributed by atoms with Crippen molar-refractivity contribution < 1.29 is 4.39 Å². The van der Waals surface area contributed by atoms with Crippen LogP contribution in [0.1, 0.15) is 6.42 Å². The number of hydrogen-bond acceptors (Lipinski definition) is 5. The number of anilines is 2. The van der Waals surface area contributed by atoms with Crippen LogP contribution in [0.2, 0.25) is 0 Å². The zero-order chi connectivity index (χ0) is 19.8. The van der Waals surface area contributed by atoms with Crippen LogP contribution in [0.3, 0.4) is 0 Å². The van der Waals surface area contributed by atoms with E-state index in [0.29, 0.717) is 12.1 Å². The normalized spacial score (nSPS) is 18.6. The van der Waals surface area contributed by atoms with Gasteiger partial charge in [-0.1, -0.05) is 36.9 Å². The maximum atomic E-state index is 14.4. The minimum absolute atomic E-state index is 0.222. The van der Waals surface area contributed by atoms with Gasteiger partial charge in [-0.15, -0.1) is 0 Å². The van der Waals surface area contributed by atoms with Gasteiger partial charge in [-0.25, -0.2) is 9.40 Å². The van der Waals surface area contributed by atoms with Crippen molar-refractivity contribution in [2.24, 2.45) is 10.2 Å². The summed E-state index contributed by atoms with van der Waals surface area (Å²) in [5, 5.41) is 13.7. The van der Waals surface area contributed by atoms with Gasteiger partial charge in [-0.05, 0) is 35.9 Å². The Balaban J connectivity index is 1.51. The van der Waals surface area contributed by atoms with Crippen LogP contribution >= 0.6 is 0 Å². The summed E-state index contributed by atoms with van der Waals surface area (Å²) in [7, 11) is 0. The second-order valence-corrected chi connectivity index (χ2v) is 6.90. The van der Waals surface area contributed by atoms with Crippen molar-refractivity contribution in [3.8, 4) is 0 Å². The van der Waals surface area contributed by atoms with Gasteiger partial charge in [-0.2, -0.15) is 10.2 Å². The highest BCUT2D eigenvalue weighted by atomic mass is 19.1. The monoisotopic (exact) mass is 383 g/mol. The average molecular weight is 383 g/mol. The number of pyridine rings is 1. The van der Waals surface area contributed by atoms with Gasteiger partial charge in [0, 0.05) is 24.2 Å². The van der Waals surface area contributed by atoms with Crippen LogP contribution in [-0.4, -0.2) is 23.0 Å². The molecule has 5 nitrogen and oxygen atoms in total. The lowest BCUT2D eigenvalue weighted by molar-refractivity contribution is 0.617. The van der Waals surface area contributed by atoms with Crippen LogP contribution in [0.5, 0.6) is 0 Å². The van der Waals surface area contributed by atoms with Crippen molar-refractivity contribution in [2.45, 2.75) is 12.5 Å². The molecule has 0 saturated heterocycles. The SMILES string of the molecule is C=C1C=CN(c2cnc3ccccc3c2)N=C1C1CC=NN1c1ccccc1F. The van der Waals surface area contributed by atoms with Gasteiger partial charge in [0.05, 0.1) is 28.8 Å². The second kappa shape index (κ2) is 6.98. The largest absolute Gasteiger partial charge is 0.254 e. The van der Waals surface area contributed by atoms with E-state index in [4.69, 9.17) is 5.10 Å². The second-order valence-electron chi connectivity index (χ2n) is 6.90. The summed E-state index contributed by atoms with van der Waals surface area (Å²) < 4.78 is 14.4. The van der Waals surface area contributed by atoms with Gasteiger partial charge in [-0.3, -0.25) is 9.99 Å². The highest BCUT2D eigenvalue weighted by molar-refractivity contribution is 6.10. The molecule has 2 aliphatic heterocycles. The molecule has 5 rings (SSSR count). The Morgan fingerprint density at radius 1 is 1.07 bits per heavy atom. The van der Waals surface area contributed by atoms with Crippen molar-refractivity contribution in [2.75, 3.05) is 10.0 Å². The number of halogens is 1. The molecule has 3 heterocycles. The summed E-state index contributed by atoms with van der Waals surface area (Å²) in [4.78, 5) is 4.52. The van der Waals surface area contributed by atoms with Crippen LogP contribution in [0.4, 0.5) is 15.8 Å². The Morgan fingerprint density at radius 3 is 2.79 bits per heavy atom. The quantitative estimate of drug-likeness (QED) is 0.647. The van der Waals surface area contributed by atoms with Crippen molar-refractivity contribution >= 4 is 34.2 Å². The molecule has 0 bridgehead atoms. The first-order valence-electron chi connectivity index (χ1n) is 9.37.